The zero-order valence-electron chi connectivity index (χ0n) is 16.4. The topological polar surface area (TPSA) is 64.1 Å². The first kappa shape index (κ1) is 19.9. The normalized spacial score (nSPS) is 10.6. The van der Waals surface area contributed by atoms with Gasteiger partial charge in [-0.3, -0.25) is 4.79 Å². The Morgan fingerprint density at radius 3 is 2.32 bits per heavy atom. The number of nitrogens with zero attached hydrogens (tertiary/aromatic N) is 2. The smallest absolute Gasteiger partial charge is 0.228 e. The summed E-state index contributed by atoms with van der Waals surface area (Å²) in [4.78, 5) is 22.3. The van der Waals surface area contributed by atoms with E-state index >= 15 is 0 Å². The monoisotopic (exact) mass is 393 g/mol. The van der Waals surface area contributed by atoms with Gasteiger partial charge in [0.25, 0.3) is 0 Å². The summed E-state index contributed by atoms with van der Waals surface area (Å²) >= 11 is 1.50. The molecule has 0 fully saturated rings. The minimum Gasteiger partial charge on any atom is -0.496 e. The lowest BCUT2D eigenvalue weighted by Gasteiger charge is -2.10. The number of hydrogen-bond donors (Lipinski definition) is 1. The molecule has 28 heavy (non-hydrogen) atoms. The highest BCUT2D eigenvalue weighted by Gasteiger charge is 2.10. The second-order valence-electron chi connectivity index (χ2n) is 6.60. The summed E-state index contributed by atoms with van der Waals surface area (Å²) in [5.41, 5.74) is 4.62. The molecule has 5 nitrogen and oxygen atoms in total. The molecule has 3 aromatic rings. The van der Waals surface area contributed by atoms with Crippen molar-refractivity contribution in [2.24, 2.45) is 0 Å². The molecule has 1 heterocycles. The van der Waals surface area contributed by atoms with Crippen LogP contribution in [0.5, 0.6) is 5.75 Å². The summed E-state index contributed by atoms with van der Waals surface area (Å²) in [5.74, 6) is 0.642. The fourth-order valence-electron chi connectivity index (χ4n) is 2.87. The van der Waals surface area contributed by atoms with E-state index in [1.165, 1.54) is 11.8 Å². The Kier molecular flexibility index (Phi) is 6.31. The van der Waals surface area contributed by atoms with Gasteiger partial charge in [0.2, 0.25) is 5.91 Å². The third-order valence-corrected chi connectivity index (χ3v) is 4.97. The third kappa shape index (κ3) is 5.33. The summed E-state index contributed by atoms with van der Waals surface area (Å²) in [6.07, 6.45) is 0.262. The van der Waals surface area contributed by atoms with Crippen LogP contribution < -0.4 is 10.1 Å². The second-order valence-corrected chi connectivity index (χ2v) is 7.64. The predicted molar refractivity (Wildman–Crippen MR) is 112 cm³/mol. The Bertz CT molecular complexity index is 967. The third-order valence-electron chi connectivity index (χ3n) is 4.10. The van der Waals surface area contributed by atoms with Crippen molar-refractivity contribution >= 4 is 23.4 Å². The molecule has 0 atom stereocenters. The number of amides is 1. The van der Waals surface area contributed by atoms with E-state index in [1.54, 1.807) is 7.11 Å². The van der Waals surface area contributed by atoms with E-state index in [-0.39, 0.29) is 12.3 Å². The summed E-state index contributed by atoms with van der Waals surface area (Å²) in [6, 6.07) is 15.5. The minimum atomic E-state index is -0.0815. The van der Waals surface area contributed by atoms with Gasteiger partial charge in [0.15, 0.2) is 5.16 Å². The van der Waals surface area contributed by atoms with Crippen molar-refractivity contribution in [1.82, 2.24) is 9.97 Å². The molecular weight excluding hydrogens is 370 g/mol. The van der Waals surface area contributed by atoms with Gasteiger partial charge in [0.1, 0.15) is 5.75 Å². The van der Waals surface area contributed by atoms with Crippen LogP contribution in [0.2, 0.25) is 0 Å². The van der Waals surface area contributed by atoms with Crippen molar-refractivity contribution in [2.75, 3.05) is 12.4 Å². The minimum absolute atomic E-state index is 0.0815. The molecule has 144 valence electrons. The predicted octanol–water partition coefficient (Wildman–Crippen LogP) is 4.74. The number of hydrogen-bond acceptors (Lipinski definition) is 5. The number of anilines is 1. The highest BCUT2D eigenvalue weighted by atomic mass is 32.2. The van der Waals surface area contributed by atoms with Crippen molar-refractivity contribution in [2.45, 2.75) is 37.2 Å². The molecule has 6 heteroatoms. The van der Waals surface area contributed by atoms with E-state index in [2.05, 4.69) is 15.3 Å². The standard InChI is InChI=1S/C22H23N3O2S/c1-14-5-10-20(27-4)17(11-14)13-21(26)25-18-6-8-19(9-7-18)28-22-23-15(2)12-16(3)24-22/h5-12H,13H2,1-4H3,(H,25,26). The van der Waals surface area contributed by atoms with Gasteiger partial charge in [-0.2, -0.15) is 0 Å². The van der Waals surface area contributed by atoms with Gasteiger partial charge in [-0.05, 0) is 68.9 Å². The van der Waals surface area contributed by atoms with Crippen LogP contribution in [0.3, 0.4) is 0 Å². The zero-order valence-corrected chi connectivity index (χ0v) is 17.3. The van der Waals surface area contributed by atoms with Gasteiger partial charge in [0.05, 0.1) is 13.5 Å². The van der Waals surface area contributed by atoms with Gasteiger partial charge < -0.3 is 10.1 Å². The van der Waals surface area contributed by atoms with Gasteiger partial charge in [-0.25, -0.2) is 9.97 Å². The number of aromatic nitrogens is 2. The molecule has 0 aliphatic rings. The molecule has 0 unspecified atom stereocenters. The van der Waals surface area contributed by atoms with Crippen molar-refractivity contribution in [3.05, 3.63) is 71.0 Å². The number of ether oxygens (including phenoxy) is 1. The maximum Gasteiger partial charge on any atom is 0.228 e. The van der Waals surface area contributed by atoms with Gasteiger partial charge in [-0.15, -0.1) is 0 Å². The van der Waals surface area contributed by atoms with Crippen LogP contribution in [-0.2, 0) is 11.2 Å². The molecule has 0 aliphatic heterocycles. The van der Waals surface area contributed by atoms with Crippen molar-refractivity contribution in [3.63, 3.8) is 0 Å². The number of nitrogens with one attached hydrogen (secondary N) is 1. The fraction of sp³-hybridized carbons (Fsp3) is 0.227. The highest BCUT2D eigenvalue weighted by Crippen LogP contribution is 2.26. The Morgan fingerprint density at radius 2 is 1.68 bits per heavy atom. The van der Waals surface area contributed by atoms with Crippen molar-refractivity contribution in [3.8, 4) is 5.75 Å². The van der Waals surface area contributed by atoms with E-state index in [0.29, 0.717) is 0 Å². The lowest BCUT2D eigenvalue weighted by atomic mass is 10.1. The maximum atomic E-state index is 12.4. The lowest BCUT2D eigenvalue weighted by Crippen LogP contribution is -2.15. The summed E-state index contributed by atoms with van der Waals surface area (Å²) in [7, 11) is 1.61. The summed E-state index contributed by atoms with van der Waals surface area (Å²) in [6.45, 7) is 5.91. The Hall–Kier alpha value is -2.86. The van der Waals surface area contributed by atoms with Gasteiger partial charge >= 0.3 is 0 Å². The van der Waals surface area contributed by atoms with Crippen molar-refractivity contribution < 1.29 is 9.53 Å². The summed E-state index contributed by atoms with van der Waals surface area (Å²) < 4.78 is 5.35. The molecule has 0 bridgehead atoms. The first-order valence-corrected chi connectivity index (χ1v) is 9.78. The largest absolute Gasteiger partial charge is 0.496 e. The molecule has 0 saturated carbocycles. The molecule has 0 saturated heterocycles. The Morgan fingerprint density at radius 1 is 1.00 bits per heavy atom. The highest BCUT2D eigenvalue weighted by molar-refractivity contribution is 7.99. The maximum absolute atomic E-state index is 12.4. The lowest BCUT2D eigenvalue weighted by molar-refractivity contribution is -0.115. The molecular formula is C22H23N3O2S. The van der Waals surface area contributed by atoms with E-state index in [9.17, 15) is 4.79 Å². The number of rotatable bonds is 6. The molecule has 1 amide bonds. The van der Waals surface area contributed by atoms with Crippen LogP contribution >= 0.6 is 11.8 Å². The van der Waals surface area contributed by atoms with Crippen LogP contribution in [0.15, 0.2) is 58.6 Å². The molecule has 0 spiro atoms. The molecule has 2 aromatic carbocycles. The summed E-state index contributed by atoms with van der Waals surface area (Å²) in [5, 5.41) is 3.66. The van der Waals surface area contributed by atoms with Gasteiger partial charge in [-0.1, -0.05) is 17.7 Å². The molecule has 1 aromatic heterocycles. The van der Waals surface area contributed by atoms with E-state index in [1.807, 2.05) is 69.3 Å². The van der Waals surface area contributed by atoms with E-state index in [4.69, 9.17) is 4.74 Å². The van der Waals surface area contributed by atoms with Crippen LogP contribution in [0.1, 0.15) is 22.5 Å². The quantitative estimate of drug-likeness (QED) is 0.613. The number of carbonyl (C=O) groups is 1. The number of methoxy groups -OCH3 is 1. The number of aryl methyl sites for hydroxylation is 3. The molecule has 0 radical (unpaired) electrons. The van der Waals surface area contributed by atoms with E-state index < -0.39 is 0 Å². The Labute approximate surface area is 169 Å². The average molecular weight is 394 g/mol. The van der Waals surface area contributed by atoms with Crippen LogP contribution in [0, 0.1) is 20.8 Å². The first-order valence-electron chi connectivity index (χ1n) is 8.96. The first-order chi connectivity index (χ1) is 13.4. The zero-order chi connectivity index (χ0) is 20.1. The molecule has 1 N–H and O–H groups in total. The average Bonchev–Trinajstić information content (AvgIpc) is 2.63. The molecule has 0 aliphatic carbocycles. The van der Waals surface area contributed by atoms with Crippen molar-refractivity contribution in [1.29, 1.82) is 0 Å². The SMILES string of the molecule is COc1ccc(C)cc1CC(=O)Nc1ccc(Sc2nc(C)cc(C)n2)cc1. The Balaban J connectivity index is 1.64. The van der Waals surface area contributed by atoms with Crippen LogP contribution in [0.4, 0.5) is 5.69 Å². The van der Waals surface area contributed by atoms with E-state index in [0.717, 1.165) is 44.0 Å². The van der Waals surface area contributed by atoms with Crippen LogP contribution in [0.25, 0.3) is 0 Å². The molecule has 3 rings (SSSR count). The fourth-order valence-corrected chi connectivity index (χ4v) is 3.74. The van der Waals surface area contributed by atoms with Crippen LogP contribution in [-0.4, -0.2) is 23.0 Å². The number of carbonyl (C=O) groups excluding carboxylic acids is 1. The second kappa shape index (κ2) is 8.89. The van der Waals surface area contributed by atoms with Gasteiger partial charge in [0, 0.05) is 27.5 Å². The number of benzene rings is 2.